The highest BCUT2D eigenvalue weighted by atomic mass is 16.5. The molecule has 26 heavy (non-hydrogen) atoms. The van der Waals surface area contributed by atoms with Gasteiger partial charge in [0.05, 0.1) is 6.61 Å². The van der Waals surface area contributed by atoms with Gasteiger partial charge in [0.1, 0.15) is 11.6 Å². The lowest BCUT2D eigenvalue weighted by molar-refractivity contribution is -0.138. The number of piperidine rings is 1. The maximum absolute atomic E-state index is 13.3. The number of hydrogen-bond acceptors (Lipinski definition) is 6. The number of hydrogen-bond donors (Lipinski definition) is 1. The molecule has 1 aromatic rings. The molecule has 146 valence electrons. The van der Waals surface area contributed by atoms with Crippen LogP contribution in [0.4, 0.5) is 0 Å². The average Bonchev–Trinajstić information content (AvgIpc) is 3.16. The van der Waals surface area contributed by atoms with Gasteiger partial charge in [-0.2, -0.15) is 4.98 Å². The van der Waals surface area contributed by atoms with Gasteiger partial charge in [0.25, 0.3) is 0 Å². The molecule has 1 aliphatic carbocycles. The van der Waals surface area contributed by atoms with Crippen LogP contribution in [0.1, 0.15) is 76.0 Å². The molecule has 0 spiro atoms. The number of amides is 1. The molecule has 1 aliphatic heterocycles. The third-order valence-corrected chi connectivity index (χ3v) is 5.80. The second kappa shape index (κ2) is 8.95. The van der Waals surface area contributed by atoms with E-state index in [9.17, 15) is 4.79 Å². The summed E-state index contributed by atoms with van der Waals surface area (Å²) in [5, 5.41) is 7.14. The predicted octanol–water partition coefficient (Wildman–Crippen LogP) is 2.62. The Kier molecular flexibility index (Phi) is 6.64. The molecule has 1 unspecified atom stereocenters. The Morgan fingerprint density at radius 2 is 1.92 bits per heavy atom. The molecule has 1 saturated heterocycles. The number of ether oxygens (including phenoxy) is 1. The molecule has 2 heterocycles. The molecule has 3 rings (SSSR count). The molecule has 0 radical (unpaired) electrons. The topological polar surface area (TPSA) is 80.5 Å². The minimum absolute atomic E-state index is 0.128. The van der Waals surface area contributed by atoms with Gasteiger partial charge in [-0.15, -0.1) is 0 Å². The van der Waals surface area contributed by atoms with E-state index in [1.807, 2.05) is 6.92 Å². The van der Waals surface area contributed by atoms with Crippen molar-refractivity contribution in [2.45, 2.75) is 76.3 Å². The lowest BCUT2D eigenvalue weighted by atomic mass is 9.78. The van der Waals surface area contributed by atoms with E-state index in [0.717, 1.165) is 38.8 Å². The summed E-state index contributed by atoms with van der Waals surface area (Å²) in [4.78, 5) is 20.2. The highest BCUT2D eigenvalue weighted by molar-refractivity contribution is 5.86. The fourth-order valence-electron chi connectivity index (χ4n) is 4.28. The van der Waals surface area contributed by atoms with Gasteiger partial charge >= 0.3 is 0 Å². The van der Waals surface area contributed by atoms with Crippen molar-refractivity contribution in [3.05, 3.63) is 11.7 Å². The largest absolute Gasteiger partial charge is 0.384 e. The van der Waals surface area contributed by atoms with Crippen molar-refractivity contribution in [3.8, 4) is 0 Å². The normalized spacial score (nSPS) is 22.1. The van der Waals surface area contributed by atoms with Gasteiger partial charge in [-0.05, 0) is 45.7 Å². The lowest BCUT2D eigenvalue weighted by Crippen LogP contribution is -2.61. The molecular formula is C19H32N4O3. The van der Waals surface area contributed by atoms with E-state index < -0.39 is 0 Å². The Labute approximate surface area is 155 Å². The molecule has 2 aliphatic rings. The maximum Gasteiger partial charge on any atom is 0.248 e. The SMILES string of the molecule is COCCc1noc(C(C)NC(=O)C2(N3CCCCC3)CCCCC2)n1. The van der Waals surface area contributed by atoms with Crippen molar-refractivity contribution in [2.75, 3.05) is 26.8 Å². The third-order valence-electron chi connectivity index (χ3n) is 5.80. The quantitative estimate of drug-likeness (QED) is 0.801. The molecule has 1 atom stereocenters. The highest BCUT2D eigenvalue weighted by Crippen LogP contribution is 2.36. The van der Waals surface area contributed by atoms with Crippen molar-refractivity contribution < 1.29 is 14.1 Å². The molecule has 2 fully saturated rings. The predicted molar refractivity (Wildman–Crippen MR) is 97.7 cm³/mol. The first-order valence-corrected chi connectivity index (χ1v) is 10.0. The highest BCUT2D eigenvalue weighted by Gasteiger charge is 2.45. The molecule has 0 bridgehead atoms. The van der Waals surface area contributed by atoms with Crippen LogP contribution in [0.5, 0.6) is 0 Å². The summed E-state index contributed by atoms with van der Waals surface area (Å²) in [6, 6.07) is -0.283. The van der Waals surface area contributed by atoms with E-state index in [-0.39, 0.29) is 17.5 Å². The number of likely N-dealkylation sites (tertiary alicyclic amines) is 1. The minimum Gasteiger partial charge on any atom is -0.384 e. The van der Waals surface area contributed by atoms with Crippen LogP contribution in [0.3, 0.4) is 0 Å². The van der Waals surface area contributed by atoms with E-state index in [1.54, 1.807) is 7.11 Å². The monoisotopic (exact) mass is 364 g/mol. The fraction of sp³-hybridized carbons (Fsp3) is 0.842. The molecule has 0 aromatic carbocycles. The van der Waals surface area contributed by atoms with Gasteiger partial charge in [0, 0.05) is 13.5 Å². The van der Waals surface area contributed by atoms with Crippen molar-refractivity contribution in [1.29, 1.82) is 0 Å². The zero-order chi connectivity index (χ0) is 18.4. The van der Waals surface area contributed by atoms with Gasteiger partial charge in [-0.3, -0.25) is 9.69 Å². The molecule has 1 amide bonds. The van der Waals surface area contributed by atoms with Gasteiger partial charge in [-0.25, -0.2) is 0 Å². The molecular weight excluding hydrogens is 332 g/mol. The number of aromatic nitrogens is 2. The van der Waals surface area contributed by atoms with Crippen LogP contribution in [0, 0.1) is 0 Å². The first-order valence-electron chi connectivity index (χ1n) is 10.0. The van der Waals surface area contributed by atoms with E-state index in [1.165, 1.54) is 25.7 Å². The van der Waals surface area contributed by atoms with E-state index in [4.69, 9.17) is 9.26 Å². The molecule has 1 aromatic heterocycles. The Hall–Kier alpha value is -1.47. The van der Waals surface area contributed by atoms with Crippen LogP contribution < -0.4 is 5.32 Å². The second-order valence-electron chi connectivity index (χ2n) is 7.63. The molecule has 1 N–H and O–H groups in total. The fourth-order valence-corrected chi connectivity index (χ4v) is 4.28. The summed E-state index contributed by atoms with van der Waals surface area (Å²) in [6.45, 7) is 4.53. The molecule has 1 saturated carbocycles. The molecule has 7 nitrogen and oxygen atoms in total. The van der Waals surface area contributed by atoms with Crippen molar-refractivity contribution >= 4 is 5.91 Å². The summed E-state index contributed by atoms with van der Waals surface area (Å²) in [5.74, 6) is 1.21. The third kappa shape index (κ3) is 4.26. The van der Waals surface area contributed by atoms with Crippen LogP contribution in [0.25, 0.3) is 0 Å². The zero-order valence-corrected chi connectivity index (χ0v) is 16.1. The van der Waals surface area contributed by atoms with Crippen LogP contribution in [-0.2, 0) is 16.0 Å². The molecule has 7 heteroatoms. The summed E-state index contributed by atoms with van der Waals surface area (Å²) in [5.41, 5.74) is -0.355. The van der Waals surface area contributed by atoms with Crippen molar-refractivity contribution in [3.63, 3.8) is 0 Å². The van der Waals surface area contributed by atoms with Crippen molar-refractivity contribution in [2.24, 2.45) is 0 Å². The van der Waals surface area contributed by atoms with Crippen LogP contribution in [-0.4, -0.2) is 53.3 Å². The summed E-state index contributed by atoms with van der Waals surface area (Å²) in [6.07, 6.45) is 9.65. The first kappa shape index (κ1) is 19.3. The zero-order valence-electron chi connectivity index (χ0n) is 16.1. The first-order chi connectivity index (χ1) is 12.7. The van der Waals surface area contributed by atoms with E-state index in [2.05, 4.69) is 20.4 Å². The number of nitrogens with zero attached hydrogens (tertiary/aromatic N) is 3. The number of nitrogens with one attached hydrogen (secondary N) is 1. The lowest BCUT2D eigenvalue weighted by Gasteiger charge is -2.47. The maximum atomic E-state index is 13.3. The number of carbonyl (C=O) groups is 1. The van der Waals surface area contributed by atoms with Gasteiger partial charge < -0.3 is 14.6 Å². The smallest absolute Gasteiger partial charge is 0.248 e. The Balaban J connectivity index is 1.67. The summed E-state index contributed by atoms with van der Waals surface area (Å²) >= 11 is 0. The number of rotatable bonds is 7. The minimum atomic E-state index is -0.355. The van der Waals surface area contributed by atoms with Crippen LogP contribution in [0.2, 0.25) is 0 Å². The summed E-state index contributed by atoms with van der Waals surface area (Å²) < 4.78 is 10.4. The summed E-state index contributed by atoms with van der Waals surface area (Å²) in [7, 11) is 1.65. The number of methoxy groups -OCH3 is 1. The van der Waals surface area contributed by atoms with Crippen molar-refractivity contribution in [1.82, 2.24) is 20.4 Å². The van der Waals surface area contributed by atoms with E-state index in [0.29, 0.717) is 24.7 Å². The Morgan fingerprint density at radius 1 is 1.23 bits per heavy atom. The second-order valence-corrected chi connectivity index (χ2v) is 7.63. The number of carbonyl (C=O) groups excluding carboxylic acids is 1. The van der Waals surface area contributed by atoms with Gasteiger partial charge in [0.2, 0.25) is 11.8 Å². The van der Waals surface area contributed by atoms with Crippen LogP contribution in [0.15, 0.2) is 4.52 Å². The average molecular weight is 364 g/mol. The van der Waals surface area contributed by atoms with E-state index >= 15 is 0 Å². The Morgan fingerprint density at radius 3 is 2.62 bits per heavy atom. The van der Waals surface area contributed by atoms with Crippen LogP contribution >= 0.6 is 0 Å². The Bertz CT molecular complexity index is 577. The van der Waals surface area contributed by atoms with Gasteiger partial charge in [0.15, 0.2) is 5.82 Å². The standard InChI is InChI=1S/C19H32N4O3/c1-15(17-21-16(22-26-17)9-14-25-2)20-18(24)19(10-5-3-6-11-19)23-12-7-4-8-13-23/h15H,3-14H2,1-2H3,(H,20,24). The van der Waals surface area contributed by atoms with Gasteiger partial charge in [-0.1, -0.05) is 30.8 Å².